The highest BCUT2D eigenvalue weighted by atomic mass is 14.8. The molecular weight excluding hydrogens is 208 g/mol. The highest BCUT2D eigenvalue weighted by molar-refractivity contribution is 5.16. The third-order valence-electron chi connectivity index (χ3n) is 3.93. The lowest BCUT2D eigenvalue weighted by Gasteiger charge is -2.25. The predicted molar refractivity (Wildman–Crippen MR) is 72.1 cm³/mol. The molecule has 1 aromatic heterocycles. The predicted octanol–water partition coefficient (Wildman–Crippen LogP) is 3.36. The van der Waals surface area contributed by atoms with Crippen LogP contribution in [0.15, 0.2) is 24.5 Å². The topological polar surface area (TPSA) is 24.9 Å². The van der Waals surface area contributed by atoms with E-state index < -0.39 is 0 Å². The molecule has 1 aromatic rings. The number of pyridine rings is 1. The zero-order valence-electron chi connectivity index (χ0n) is 10.9. The van der Waals surface area contributed by atoms with Gasteiger partial charge in [-0.2, -0.15) is 0 Å². The van der Waals surface area contributed by atoms with E-state index in [1.54, 1.807) is 0 Å². The van der Waals surface area contributed by atoms with Gasteiger partial charge in [-0.1, -0.05) is 32.3 Å². The molecule has 2 heteroatoms. The maximum Gasteiger partial charge on any atom is 0.0302 e. The molecule has 1 fully saturated rings. The van der Waals surface area contributed by atoms with E-state index >= 15 is 0 Å². The summed E-state index contributed by atoms with van der Waals surface area (Å²) < 4.78 is 0. The number of rotatable bonds is 4. The van der Waals surface area contributed by atoms with Crippen molar-refractivity contribution in [2.24, 2.45) is 5.92 Å². The van der Waals surface area contributed by atoms with E-state index in [1.807, 2.05) is 6.20 Å². The van der Waals surface area contributed by atoms with Gasteiger partial charge in [-0.05, 0) is 49.4 Å². The third-order valence-corrected chi connectivity index (χ3v) is 3.93. The van der Waals surface area contributed by atoms with Gasteiger partial charge in [0.2, 0.25) is 0 Å². The Morgan fingerprint density at radius 3 is 2.94 bits per heavy atom. The van der Waals surface area contributed by atoms with Gasteiger partial charge in [0.25, 0.3) is 0 Å². The Kier molecular flexibility index (Phi) is 4.99. The van der Waals surface area contributed by atoms with Gasteiger partial charge in [-0.25, -0.2) is 0 Å². The second kappa shape index (κ2) is 6.75. The van der Waals surface area contributed by atoms with Crippen molar-refractivity contribution in [3.05, 3.63) is 30.1 Å². The molecule has 94 valence electrons. The summed E-state index contributed by atoms with van der Waals surface area (Å²) in [7, 11) is 0. The van der Waals surface area contributed by atoms with E-state index in [4.69, 9.17) is 0 Å². The fourth-order valence-electron chi connectivity index (χ4n) is 2.99. The van der Waals surface area contributed by atoms with Crippen LogP contribution in [0.5, 0.6) is 0 Å². The summed E-state index contributed by atoms with van der Waals surface area (Å²) in [6.45, 7) is 4.43. The molecule has 1 N–H and O–H groups in total. The summed E-state index contributed by atoms with van der Waals surface area (Å²) in [4.78, 5) is 4.28. The molecule has 0 bridgehead atoms. The first-order valence-corrected chi connectivity index (χ1v) is 7.02. The monoisotopic (exact) mass is 232 g/mol. The average Bonchev–Trinajstić information content (AvgIpc) is 2.62. The lowest BCUT2D eigenvalue weighted by atomic mass is 9.83. The summed E-state index contributed by atoms with van der Waals surface area (Å²) in [6, 6.07) is 4.33. The molecule has 2 rings (SSSR count). The van der Waals surface area contributed by atoms with Gasteiger partial charge in [0.05, 0.1) is 0 Å². The lowest BCUT2D eigenvalue weighted by molar-refractivity contribution is 0.378. The molecule has 17 heavy (non-hydrogen) atoms. The molecule has 2 nitrogen and oxygen atoms in total. The molecule has 2 atom stereocenters. The van der Waals surface area contributed by atoms with E-state index in [-0.39, 0.29) is 0 Å². The second-order valence-corrected chi connectivity index (χ2v) is 5.10. The normalized spacial score (nSPS) is 25.5. The van der Waals surface area contributed by atoms with E-state index in [2.05, 4.69) is 35.6 Å². The van der Waals surface area contributed by atoms with Crippen molar-refractivity contribution in [2.45, 2.75) is 44.9 Å². The molecule has 0 spiro atoms. The van der Waals surface area contributed by atoms with Gasteiger partial charge in [0, 0.05) is 12.4 Å². The summed E-state index contributed by atoms with van der Waals surface area (Å²) in [5.41, 5.74) is 1.44. The van der Waals surface area contributed by atoms with E-state index in [0.29, 0.717) is 5.92 Å². The minimum absolute atomic E-state index is 0.713. The highest BCUT2D eigenvalue weighted by Gasteiger charge is 2.24. The first-order chi connectivity index (χ1) is 8.42. The van der Waals surface area contributed by atoms with Crippen molar-refractivity contribution in [1.29, 1.82) is 0 Å². The third kappa shape index (κ3) is 3.53. The van der Waals surface area contributed by atoms with Crippen molar-refractivity contribution in [3.8, 4) is 0 Å². The first kappa shape index (κ1) is 12.6. The lowest BCUT2D eigenvalue weighted by Crippen LogP contribution is -2.26. The van der Waals surface area contributed by atoms with Crippen LogP contribution in [0, 0.1) is 5.92 Å². The molecular formula is C15H24N2. The van der Waals surface area contributed by atoms with Crippen LogP contribution < -0.4 is 5.32 Å². The van der Waals surface area contributed by atoms with Gasteiger partial charge in [-0.15, -0.1) is 0 Å². The van der Waals surface area contributed by atoms with Crippen molar-refractivity contribution < 1.29 is 0 Å². The van der Waals surface area contributed by atoms with Gasteiger partial charge in [-0.3, -0.25) is 4.98 Å². The first-order valence-electron chi connectivity index (χ1n) is 7.02. The molecule has 0 radical (unpaired) electrons. The summed E-state index contributed by atoms with van der Waals surface area (Å²) in [5.74, 6) is 1.51. The number of nitrogens with one attached hydrogen (secondary N) is 1. The Bertz CT molecular complexity index is 310. The molecule has 0 saturated heterocycles. The summed E-state index contributed by atoms with van der Waals surface area (Å²) >= 11 is 0. The Labute approximate surface area is 105 Å². The highest BCUT2D eigenvalue weighted by Crippen LogP contribution is 2.35. The smallest absolute Gasteiger partial charge is 0.0302 e. The molecule has 1 aliphatic carbocycles. The van der Waals surface area contributed by atoms with Crippen LogP contribution in [0.25, 0.3) is 0 Å². The number of aromatic nitrogens is 1. The Morgan fingerprint density at radius 1 is 1.29 bits per heavy atom. The van der Waals surface area contributed by atoms with Crippen LogP contribution in [-0.2, 0) is 0 Å². The van der Waals surface area contributed by atoms with E-state index in [0.717, 1.165) is 19.0 Å². The van der Waals surface area contributed by atoms with Gasteiger partial charge in [0.15, 0.2) is 0 Å². The van der Waals surface area contributed by atoms with E-state index in [1.165, 1.54) is 37.7 Å². The van der Waals surface area contributed by atoms with Crippen LogP contribution >= 0.6 is 0 Å². The number of hydrogen-bond acceptors (Lipinski definition) is 2. The molecule has 0 aromatic carbocycles. The van der Waals surface area contributed by atoms with Crippen LogP contribution in [0.3, 0.4) is 0 Å². The average molecular weight is 232 g/mol. The summed E-state index contributed by atoms with van der Waals surface area (Å²) in [6.07, 6.45) is 10.8. The molecule has 0 amide bonds. The zero-order chi connectivity index (χ0) is 11.9. The molecule has 2 unspecified atom stereocenters. The van der Waals surface area contributed by atoms with Gasteiger partial charge in [0.1, 0.15) is 0 Å². The van der Waals surface area contributed by atoms with Crippen molar-refractivity contribution >= 4 is 0 Å². The largest absolute Gasteiger partial charge is 0.317 e. The molecule has 1 heterocycles. The maximum atomic E-state index is 4.28. The van der Waals surface area contributed by atoms with E-state index in [9.17, 15) is 0 Å². The van der Waals surface area contributed by atoms with Gasteiger partial charge < -0.3 is 5.32 Å². The number of nitrogens with zero attached hydrogens (tertiary/aromatic N) is 1. The zero-order valence-corrected chi connectivity index (χ0v) is 10.9. The SMILES string of the molecule is CCNCC1CCCCCC1c1cccnc1. The Balaban J connectivity index is 2.08. The van der Waals surface area contributed by atoms with Crippen molar-refractivity contribution in [3.63, 3.8) is 0 Å². The van der Waals surface area contributed by atoms with Crippen LogP contribution in [0.2, 0.25) is 0 Å². The van der Waals surface area contributed by atoms with Crippen LogP contribution in [0.4, 0.5) is 0 Å². The Hall–Kier alpha value is -0.890. The molecule has 1 aliphatic rings. The quantitative estimate of drug-likeness (QED) is 0.805. The van der Waals surface area contributed by atoms with Crippen LogP contribution in [-0.4, -0.2) is 18.1 Å². The minimum Gasteiger partial charge on any atom is -0.317 e. The summed E-state index contributed by atoms with van der Waals surface area (Å²) in [5, 5.41) is 3.53. The standard InChI is InChI=1S/C15H24N2/c1-2-16-11-13-7-4-3-5-9-15(13)14-8-6-10-17-12-14/h6,8,10,12-13,15-16H,2-5,7,9,11H2,1H3. The van der Waals surface area contributed by atoms with Crippen LogP contribution in [0.1, 0.15) is 50.5 Å². The number of hydrogen-bond donors (Lipinski definition) is 1. The van der Waals surface area contributed by atoms with Crippen molar-refractivity contribution in [2.75, 3.05) is 13.1 Å². The Morgan fingerprint density at radius 2 is 2.18 bits per heavy atom. The van der Waals surface area contributed by atoms with Crippen molar-refractivity contribution in [1.82, 2.24) is 10.3 Å². The maximum absolute atomic E-state index is 4.28. The fraction of sp³-hybridized carbons (Fsp3) is 0.667. The van der Waals surface area contributed by atoms with Gasteiger partial charge >= 0.3 is 0 Å². The second-order valence-electron chi connectivity index (χ2n) is 5.10. The molecule has 1 saturated carbocycles. The minimum atomic E-state index is 0.713. The fourth-order valence-corrected chi connectivity index (χ4v) is 2.99. The molecule has 0 aliphatic heterocycles.